The Labute approximate surface area is 89.7 Å². The number of nitrogens with zero attached hydrogens (tertiary/aromatic N) is 1. The first-order valence-electron chi connectivity index (χ1n) is 4.85. The second kappa shape index (κ2) is 4.31. The molecule has 0 saturated heterocycles. The lowest BCUT2D eigenvalue weighted by Crippen LogP contribution is -2.19. The van der Waals surface area contributed by atoms with Crippen LogP contribution < -0.4 is 5.32 Å². The van der Waals surface area contributed by atoms with Gasteiger partial charge in [-0.25, -0.2) is 4.39 Å². The normalized spacial score (nSPS) is 10.9. The van der Waals surface area contributed by atoms with Gasteiger partial charge < -0.3 is 5.32 Å². The monoisotopic (exact) mass is 206 g/mol. The molecule has 1 rings (SSSR count). The number of nitrogens with one attached hydrogen (secondary N) is 1. The van der Waals surface area contributed by atoms with Gasteiger partial charge in [0.25, 0.3) is 0 Å². The van der Waals surface area contributed by atoms with Gasteiger partial charge in [-0.05, 0) is 23.6 Å². The molecule has 2 nitrogen and oxygen atoms in total. The van der Waals surface area contributed by atoms with E-state index < -0.39 is 0 Å². The lowest BCUT2D eigenvalue weighted by Gasteiger charge is -2.19. The average Bonchev–Trinajstić information content (AvgIpc) is 2.13. The maximum Gasteiger partial charge on any atom is 0.126 e. The molecule has 80 valence electrons. The lowest BCUT2D eigenvalue weighted by molar-refractivity contribution is 0.443. The Balaban J connectivity index is 2.78. The van der Waals surface area contributed by atoms with Crippen LogP contribution in [0.4, 0.5) is 10.1 Å². The molecule has 15 heavy (non-hydrogen) atoms. The SMILES string of the molecule is CC(C)(C)CNc1cc(F)cc(C#N)c1. The predicted molar refractivity (Wildman–Crippen MR) is 59.1 cm³/mol. The number of halogens is 1. The van der Waals surface area contributed by atoms with Crippen molar-refractivity contribution in [3.63, 3.8) is 0 Å². The fourth-order valence-electron chi connectivity index (χ4n) is 1.12. The van der Waals surface area contributed by atoms with Crippen molar-refractivity contribution in [3.8, 4) is 6.07 Å². The van der Waals surface area contributed by atoms with Crippen LogP contribution in [0.5, 0.6) is 0 Å². The van der Waals surface area contributed by atoms with E-state index in [9.17, 15) is 4.39 Å². The van der Waals surface area contributed by atoms with Crippen LogP contribution in [-0.4, -0.2) is 6.54 Å². The lowest BCUT2D eigenvalue weighted by atomic mass is 9.97. The molecule has 0 aliphatic rings. The molecule has 0 saturated carbocycles. The Morgan fingerprint density at radius 2 is 2.00 bits per heavy atom. The summed E-state index contributed by atoms with van der Waals surface area (Å²) < 4.78 is 13.0. The van der Waals surface area contributed by atoms with Gasteiger partial charge in [0, 0.05) is 12.2 Å². The number of hydrogen-bond acceptors (Lipinski definition) is 2. The molecular formula is C12H15FN2. The molecule has 0 unspecified atom stereocenters. The van der Waals surface area contributed by atoms with Crippen LogP contribution in [0, 0.1) is 22.6 Å². The summed E-state index contributed by atoms with van der Waals surface area (Å²) in [5.41, 5.74) is 1.12. The van der Waals surface area contributed by atoms with Gasteiger partial charge in [0.05, 0.1) is 11.6 Å². The molecule has 1 N–H and O–H groups in total. The van der Waals surface area contributed by atoms with E-state index in [1.54, 1.807) is 6.07 Å². The summed E-state index contributed by atoms with van der Waals surface area (Å²) in [5, 5.41) is 11.8. The van der Waals surface area contributed by atoms with Crippen LogP contribution in [0.2, 0.25) is 0 Å². The fourth-order valence-corrected chi connectivity index (χ4v) is 1.12. The van der Waals surface area contributed by atoms with Crippen molar-refractivity contribution in [2.45, 2.75) is 20.8 Å². The number of rotatable bonds is 2. The van der Waals surface area contributed by atoms with Gasteiger partial charge in [-0.15, -0.1) is 0 Å². The zero-order valence-electron chi connectivity index (χ0n) is 9.26. The van der Waals surface area contributed by atoms with Gasteiger partial charge in [0.1, 0.15) is 5.82 Å². The smallest absolute Gasteiger partial charge is 0.126 e. The van der Waals surface area contributed by atoms with Gasteiger partial charge in [-0.1, -0.05) is 20.8 Å². The third-order valence-corrected chi connectivity index (χ3v) is 1.85. The molecule has 1 aromatic rings. The highest BCUT2D eigenvalue weighted by molar-refractivity contribution is 5.49. The van der Waals surface area contributed by atoms with Gasteiger partial charge in [-0.3, -0.25) is 0 Å². The Bertz CT molecular complexity index is 386. The van der Waals surface area contributed by atoms with Crippen molar-refractivity contribution in [2.75, 3.05) is 11.9 Å². The standard InChI is InChI=1S/C12H15FN2/c1-12(2,3)8-15-11-5-9(7-14)4-10(13)6-11/h4-6,15H,8H2,1-3H3. The van der Waals surface area contributed by atoms with Gasteiger partial charge in [-0.2, -0.15) is 5.26 Å². The molecule has 0 spiro atoms. The predicted octanol–water partition coefficient (Wildman–Crippen LogP) is 3.16. The molecule has 0 radical (unpaired) electrons. The Hall–Kier alpha value is -1.56. The molecule has 0 fully saturated rings. The molecule has 1 aromatic carbocycles. The topological polar surface area (TPSA) is 35.8 Å². The quantitative estimate of drug-likeness (QED) is 0.806. The fraction of sp³-hybridized carbons (Fsp3) is 0.417. The zero-order chi connectivity index (χ0) is 11.5. The largest absolute Gasteiger partial charge is 0.384 e. The van der Waals surface area contributed by atoms with Gasteiger partial charge in [0.15, 0.2) is 0 Å². The summed E-state index contributed by atoms with van der Waals surface area (Å²) in [4.78, 5) is 0. The molecule has 0 heterocycles. The summed E-state index contributed by atoms with van der Waals surface area (Å²) >= 11 is 0. The maximum absolute atomic E-state index is 13.0. The van der Waals surface area contributed by atoms with E-state index in [2.05, 4.69) is 26.1 Å². The van der Waals surface area contributed by atoms with Crippen LogP contribution >= 0.6 is 0 Å². The maximum atomic E-state index is 13.0. The first-order chi connectivity index (χ1) is 6.90. The summed E-state index contributed by atoms with van der Waals surface area (Å²) in [6.07, 6.45) is 0. The Morgan fingerprint density at radius 1 is 1.33 bits per heavy atom. The summed E-state index contributed by atoms with van der Waals surface area (Å²) in [6, 6.07) is 6.19. The van der Waals surface area contributed by atoms with Crippen molar-refractivity contribution in [3.05, 3.63) is 29.6 Å². The molecule has 0 amide bonds. The third kappa shape index (κ3) is 3.99. The highest BCUT2D eigenvalue weighted by Crippen LogP contribution is 2.17. The van der Waals surface area contributed by atoms with Crippen LogP contribution in [0.25, 0.3) is 0 Å². The second-order valence-electron chi connectivity index (χ2n) is 4.75. The minimum atomic E-state index is -0.384. The van der Waals surface area contributed by atoms with Crippen molar-refractivity contribution < 1.29 is 4.39 Å². The van der Waals surface area contributed by atoms with E-state index in [-0.39, 0.29) is 11.2 Å². The van der Waals surface area contributed by atoms with Crippen molar-refractivity contribution in [2.24, 2.45) is 5.41 Å². The van der Waals surface area contributed by atoms with Crippen LogP contribution in [0.1, 0.15) is 26.3 Å². The first kappa shape index (κ1) is 11.5. The molecule has 0 atom stereocenters. The van der Waals surface area contributed by atoms with Gasteiger partial charge >= 0.3 is 0 Å². The zero-order valence-corrected chi connectivity index (χ0v) is 9.26. The Morgan fingerprint density at radius 3 is 2.53 bits per heavy atom. The number of anilines is 1. The van der Waals surface area contributed by atoms with E-state index in [0.717, 1.165) is 6.54 Å². The number of nitriles is 1. The minimum absolute atomic E-state index is 0.124. The van der Waals surface area contributed by atoms with E-state index in [1.807, 2.05) is 6.07 Å². The molecule has 3 heteroatoms. The molecule has 0 aliphatic heterocycles. The van der Waals surface area contributed by atoms with Crippen LogP contribution in [0.15, 0.2) is 18.2 Å². The third-order valence-electron chi connectivity index (χ3n) is 1.85. The Kier molecular flexibility index (Phi) is 3.31. The second-order valence-corrected chi connectivity index (χ2v) is 4.75. The van der Waals surface area contributed by atoms with Crippen molar-refractivity contribution in [1.29, 1.82) is 5.26 Å². The van der Waals surface area contributed by atoms with E-state index in [1.165, 1.54) is 12.1 Å². The highest BCUT2D eigenvalue weighted by Gasteiger charge is 2.09. The molecule has 0 aliphatic carbocycles. The van der Waals surface area contributed by atoms with Crippen molar-refractivity contribution >= 4 is 5.69 Å². The van der Waals surface area contributed by atoms with E-state index in [4.69, 9.17) is 5.26 Å². The number of benzene rings is 1. The van der Waals surface area contributed by atoms with E-state index in [0.29, 0.717) is 11.3 Å². The first-order valence-corrected chi connectivity index (χ1v) is 4.85. The summed E-state index contributed by atoms with van der Waals surface area (Å²) in [6.45, 7) is 7.00. The van der Waals surface area contributed by atoms with Crippen molar-refractivity contribution in [1.82, 2.24) is 0 Å². The average molecular weight is 206 g/mol. The highest BCUT2D eigenvalue weighted by atomic mass is 19.1. The van der Waals surface area contributed by atoms with E-state index >= 15 is 0 Å². The molecular weight excluding hydrogens is 191 g/mol. The molecule has 0 bridgehead atoms. The van der Waals surface area contributed by atoms with Gasteiger partial charge in [0.2, 0.25) is 0 Å². The summed E-state index contributed by atoms with van der Waals surface area (Å²) in [7, 11) is 0. The minimum Gasteiger partial charge on any atom is -0.384 e. The van der Waals surface area contributed by atoms with Crippen LogP contribution in [0.3, 0.4) is 0 Å². The van der Waals surface area contributed by atoms with Crippen LogP contribution in [-0.2, 0) is 0 Å². The molecule has 0 aromatic heterocycles. The number of hydrogen-bond donors (Lipinski definition) is 1. The summed E-state index contributed by atoms with van der Waals surface area (Å²) in [5.74, 6) is -0.384.